The summed E-state index contributed by atoms with van der Waals surface area (Å²) in [6.07, 6.45) is -1.29. The van der Waals surface area contributed by atoms with Gasteiger partial charge in [-0.1, -0.05) is 0 Å². The Morgan fingerprint density at radius 3 is 2.67 bits per heavy atom. The van der Waals surface area contributed by atoms with Gasteiger partial charge in [-0.05, 0) is 13.8 Å². The molecule has 1 radical (unpaired) electrons. The van der Waals surface area contributed by atoms with Gasteiger partial charge in [-0.25, -0.2) is 13.9 Å². The smallest absolute Gasteiger partial charge is 0.282 e. The highest BCUT2D eigenvalue weighted by atomic mass is 19.1. The minimum atomic E-state index is -1.29. The van der Waals surface area contributed by atoms with E-state index < -0.39 is 6.17 Å². The lowest BCUT2D eigenvalue weighted by Crippen LogP contribution is -2.26. The van der Waals surface area contributed by atoms with Gasteiger partial charge >= 0.3 is 5.69 Å². The van der Waals surface area contributed by atoms with Gasteiger partial charge in [0.05, 0.1) is 6.54 Å². The van der Waals surface area contributed by atoms with E-state index in [2.05, 4.69) is 12.0 Å². The van der Waals surface area contributed by atoms with Crippen LogP contribution in [0.15, 0.2) is 4.79 Å². The topological polar surface area (TPSA) is 39.8 Å². The highest BCUT2D eigenvalue weighted by molar-refractivity contribution is 4.82. The van der Waals surface area contributed by atoms with E-state index in [0.717, 1.165) is 4.68 Å². The third kappa shape index (κ3) is 1.54. The number of halogens is 1. The van der Waals surface area contributed by atoms with E-state index in [1.807, 2.05) is 0 Å². The lowest BCUT2D eigenvalue weighted by atomic mass is 10.4. The van der Waals surface area contributed by atoms with E-state index in [1.54, 1.807) is 14.0 Å². The highest BCUT2D eigenvalue weighted by Gasteiger charge is 2.08. The van der Waals surface area contributed by atoms with Crippen LogP contribution in [0.5, 0.6) is 0 Å². The fraction of sp³-hybridized carbons (Fsp3) is 0.571. The molecule has 0 aliphatic rings. The van der Waals surface area contributed by atoms with Crippen molar-refractivity contribution in [2.75, 3.05) is 0 Å². The van der Waals surface area contributed by atoms with Gasteiger partial charge in [0.15, 0.2) is 0 Å². The summed E-state index contributed by atoms with van der Waals surface area (Å²) in [5, 5.41) is 3.84. The van der Waals surface area contributed by atoms with Crippen LogP contribution in [-0.4, -0.2) is 20.5 Å². The summed E-state index contributed by atoms with van der Waals surface area (Å²) in [4.78, 5) is 11.2. The Kier molecular flexibility index (Phi) is 2.30. The van der Waals surface area contributed by atoms with Crippen LogP contribution in [0.2, 0.25) is 0 Å². The van der Waals surface area contributed by atoms with Crippen molar-refractivity contribution in [2.24, 2.45) is 7.05 Å². The van der Waals surface area contributed by atoms with E-state index in [1.165, 1.54) is 4.57 Å². The van der Waals surface area contributed by atoms with Gasteiger partial charge in [-0.15, -0.1) is 0 Å². The first kappa shape index (κ1) is 8.96. The van der Waals surface area contributed by atoms with E-state index in [-0.39, 0.29) is 12.2 Å². The van der Waals surface area contributed by atoms with Crippen molar-refractivity contribution in [3.63, 3.8) is 0 Å². The van der Waals surface area contributed by atoms with Gasteiger partial charge in [-0.3, -0.25) is 4.57 Å². The van der Waals surface area contributed by atoms with E-state index in [4.69, 9.17) is 0 Å². The molecule has 0 aliphatic carbocycles. The second kappa shape index (κ2) is 3.08. The average Bonchev–Trinajstić information content (AvgIpc) is 2.17. The van der Waals surface area contributed by atoms with Crippen LogP contribution in [0.1, 0.15) is 5.82 Å². The Morgan fingerprint density at radius 2 is 2.33 bits per heavy atom. The summed E-state index contributed by atoms with van der Waals surface area (Å²) in [7, 11) is 1.59. The molecule has 0 aliphatic heterocycles. The van der Waals surface area contributed by atoms with Crippen LogP contribution in [0, 0.1) is 13.8 Å². The molecule has 0 fully saturated rings. The monoisotopic (exact) mass is 172 g/mol. The molecule has 0 saturated heterocycles. The first-order chi connectivity index (χ1) is 5.52. The quantitative estimate of drug-likeness (QED) is 0.633. The maximum Gasteiger partial charge on any atom is 0.345 e. The summed E-state index contributed by atoms with van der Waals surface area (Å²) in [6.45, 7) is 4.74. The predicted octanol–water partition coefficient (Wildman–Crippen LogP) is 0.0624. The first-order valence-corrected chi connectivity index (χ1v) is 3.60. The second-order valence-electron chi connectivity index (χ2n) is 2.67. The molecule has 0 amide bonds. The van der Waals surface area contributed by atoms with Crippen LogP contribution >= 0.6 is 0 Å². The molecule has 1 heterocycles. The van der Waals surface area contributed by atoms with Gasteiger partial charge in [0.25, 0.3) is 0 Å². The van der Waals surface area contributed by atoms with Crippen molar-refractivity contribution >= 4 is 0 Å². The zero-order valence-electron chi connectivity index (χ0n) is 7.12. The molecule has 1 aromatic rings. The molecule has 67 valence electrons. The third-order valence-corrected chi connectivity index (χ3v) is 1.63. The Balaban J connectivity index is 3.02. The van der Waals surface area contributed by atoms with Gasteiger partial charge in [0, 0.05) is 7.05 Å². The fourth-order valence-corrected chi connectivity index (χ4v) is 0.903. The molecule has 1 rings (SSSR count). The molecule has 12 heavy (non-hydrogen) atoms. The summed E-state index contributed by atoms with van der Waals surface area (Å²) >= 11 is 0. The number of nitrogens with zero attached hydrogens (tertiary/aromatic N) is 3. The molecule has 4 nitrogen and oxygen atoms in total. The van der Waals surface area contributed by atoms with Crippen molar-refractivity contribution in [2.45, 2.75) is 19.6 Å². The number of aryl methyl sites for hydroxylation is 1. The molecule has 0 bridgehead atoms. The van der Waals surface area contributed by atoms with Crippen molar-refractivity contribution in [3.8, 4) is 0 Å². The summed E-state index contributed by atoms with van der Waals surface area (Å²) < 4.78 is 14.8. The predicted molar refractivity (Wildman–Crippen MR) is 42.5 cm³/mol. The second-order valence-corrected chi connectivity index (χ2v) is 2.67. The molecule has 0 aromatic carbocycles. The number of aromatic nitrogens is 3. The lowest BCUT2D eigenvalue weighted by Gasteiger charge is -1.98. The molecule has 1 atom stereocenters. The van der Waals surface area contributed by atoms with Crippen LogP contribution in [0.4, 0.5) is 4.39 Å². The van der Waals surface area contributed by atoms with Crippen molar-refractivity contribution in [3.05, 3.63) is 23.2 Å². The molecule has 0 spiro atoms. The molecule has 0 N–H and O–H groups in total. The summed E-state index contributed by atoms with van der Waals surface area (Å²) in [5.74, 6) is 0.570. The molecule has 1 aromatic heterocycles. The Labute approximate surface area is 69.6 Å². The van der Waals surface area contributed by atoms with Gasteiger partial charge in [-0.2, -0.15) is 5.10 Å². The highest BCUT2D eigenvalue weighted by Crippen LogP contribution is 1.92. The number of rotatable bonds is 2. The van der Waals surface area contributed by atoms with E-state index in [0.29, 0.717) is 5.82 Å². The standard InChI is InChI=1S/C7H11FN3O/c1-5(8)4-11-7(12)10(3)6(2)9-11/h5H,1,4H2,2-3H3/t5-/m0/s1. The van der Waals surface area contributed by atoms with Gasteiger partial charge in [0.2, 0.25) is 0 Å². The van der Waals surface area contributed by atoms with Crippen LogP contribution in [-0.2, 0) is 13.6 Å². The number of alkyl halides is 1. The van der Waals surface area contributed by atoms with Gasteiger partial charge < -0.3 is 0 Å². The Bertz CT molecular complexity index is 326. The fourth-order valence-electron chi connectivity index (χ4n) is 0.903. The molecular weight excluding hydrogens is 161 g/mol. The SMILES string of the molecule is [CH2][C@H](F)Cn1nc(C)n(C)c1=O. The normalized spacial score (nSPS) is 13.3. The molecule has 0 unspecified atom stereocenters. The number of hydrogen-bond donors (Lipinski definition) is 0. The lowest BCUT2D eigenvalue weighted by molar-refractivity contribution is 0.334. The minimum absolute atomic E-state index is 0.0828. The first-order valence-electron chi connectivity index (χ1n) is 3.60. The third-order valence-electron chi connectivity index (χ3n) is 1.63. The van der Waals surface area contributed by atoms with Crippen molar-refractivity contribution < 1.29 is 4.39 Å². The zero-order chi connectivity index (χ0) is 9.30. The van der Waals surface area contributed by atoms with Gasteiger partial charge in [0.1, 0.15) is 12.0 Å². The van der Waals surface area contributed by atoms with Crippen LogP contribution in [0.25, 0.3) is 0 Å². The number of hydrogen-bond acceptors (Lipinski definition) is 2. The van der Waals surface area contributed by atoms with Crippen LogP contribution in [0.3, 0.4) is 0 Å². The maximum absolute atomic E-state index is 12.4. The van der Waals surface area contributed by atoms with E-state index in [9.17, 15) is 9.18 Å². The largest absolute Gasteiger partial charge is 0.345 e. The van der Waals surface area contributed by atoms with Crippen molar-refractivity contribution in [1.29, 1.82) is 0 Å². The van der Waals surface area contributed by atoms with Crippen LogP contribution < -0.4 is 5.69 Å². The summed E-state index contributed by atoms with van der Waals surface area (Å²) in [6, 6.07) is 0. The maximum atomic E-state index is 12.4. The molecule has 0 saturated carbocycles. The molecular formula is C7H11FN3O. The van der Waals surface area contributed by atoms with Crippen molar-refractivity contribution in [1.82, 2.24) is 14.3 Å². The Morgan fingerprint density at radius 1 is 1.75 bits per heavy atom. The minimum Gasteiger partial charge on any atom is -0.282 e. The zero-order valence-corrected chi connectivity index (χ0v) is 7.12. The summed E-state index contributed by atoms with van der Waals surface area (Å²) in [5.41, 5.74) is -0.307. The van der Waals surface area contributed by atoms with E-state index >= 15 is 0 Å². The Hall–Kier alpha value is -1.13. The average molecular weight is 172 g/mol. The molecule has 5 heteroatoms.